The van der Waals surface area contributed by atoms with Crippen LogP contribution in [0.25, 0.3) is 0 Å². The monoisotopic (exact) mass is 475 g/mol. The molecule has 0 bridgehead atoms. The first-order valence-electron chi connectivity index (χ1n) is 11.5. The number of aromatic nitrogens is 2. The largest absolute Gasteiger partial charge is 0.417 e. The summed E-state index contributed by atoms with van der Waals surface area (Å²) in [7, 11) is 0. The van der Waals surface area contributed by atoms with Crippen molar-refractivity contribution in [2.45, 2.75) is 33.0 Å². The van der Waals surface area contributed by atoms with E-state index in [1.54, 1.807) is 34.0 Å². The summed E-state index contributed by atoms with van der Waals surface area (Å²) < 4.78 is 48.1. The van der Waals surface area contributed by atoms with Crippen molar-refractivity contribution in [2.75, 3.05) is 44.3 Å². The molecule has 0 N–H and O–H groups in total. The highest BCUT2D eigenvalue weighted by atomic mass is 19.4. The van der Waals surface area contributed by atoms with Crippen molar-refractivity contribution in [2.24, 2.45) is 11.3 Å². The molecule has 1 aromatic carbocycles. The third-order valence-electron chi connectivity index (χ3n) is 6.92. The number of aryl methyl sites for hydroxylation is 1. The fraction of sp³-hybridized carbons (Fsp3) is 0.542. The number of amides is 1. The highest BCUT2D eigenvalue weighted by molar-refractivity contribution is 5.92. The summed E-state index contributed by atoms with van der Waals surface area (Å²) in [5.74, 6) is 0.0268. The van der Waals surface area contributed by atoms with Crippen molar-refractivity contribution < 1.29 is 22.7 Å². The van der Waals surface area contributed by atoms with Crippen LogP contribution in [0.15, 0.2) is 30.5 Å². The molecule has 34 heavy (non-hydrogen) atoms. The van der Waals surface area contributed by atoms with Gasteiger partial charge >= 0.3 is 6.18 Å². The third kappa shape index (κ3) is 4.49. The van der Waals surface area contributed by atoms with Gasteiger partial charge in [-0.1, -0.05) is 0 Å². The summed E-state index contributed by atoms with van der Waals surface area (Å²) in [5, 5.41) is 13.4. The molecule has 2 atom stereocenters. The Kier molecular flexibility index (Phi) is 6.58. The lowest BCUT2D eigenvalue weighted by atomic mass is 9.74. The van der Waals surface area contributed by atoms with E-state index in [0.29, 0.717) is 57.3 Å². The maximum Gasteiger partial charge on any atom is 0.417 e. The summed E-state index contributed by atoms with van der Waals surface area (Å²) in [6.07, 6.45) is -2.11. The molecule has 182 valence electrons. The third-order valence-corrected chi connectivity index (χ3v) is 6.92. The minimum absolute atomic E-state index is 0.141. The molecular weight excluding hydrogens is 447 g/mol. The number of alkyl halides is 3. The molecule has 2 aliphatic rings. The first kappa shape index (κ1) is 24.1. The second kappa shape index (κ2) is 9.29. The maximum absolute atomic E-state index is 13.5. The highest BCUT2D eigenvalue weighted by Crippen LogP contribution is 2.45. The van der Waals surface area contributed by atoms with E-state index in [-0.39, 0.29) is 17.4 Å². The Bertz CT molecular complexity index is 1090. The Labute approximate surface area is 196 Å². The number of nitriles is 1. The molecule has 0 aliphatic carbocycles. The maximum atomic E-state index is 13.5. The van der Waals surface area contributed by atoms with Gasteiger partial charge in [-0.25, -0.2) is 0 Å². The predicted octanol–water partition coefficient (Wildman–Crippen LogP) is 3.80. The Morgan fingerprint density at radius 1 is 1.29 bits per heavy atom. The van der Waals surface area contributed by atoms with Gasteiger partial charge in [0.1, 0.15) is 5.69 Å². The number of likely N-dealkylation sites (tertiary alicyclic amines) is 1. The topological polar surface area (TPSA) is 74.4 Å². The molecule has 2 aromatic rings. The number of benzene rings is 1. The van der Waals surface area contributed by atoms with Crippen molar-refractivity contribution >= 4 is 11.6 Å². The van der Waals surface area contributed by atoms with Gasteiger partial charge < -0.3 is 14.5 Å². The van der Waals surface area contributed by atoms with Gasteiger partial charge in [-0.2, -0.15) is 23.5 Å². The number of rotatable bonds is 6. The number of hydrogen-bond acceptors (Lipinski definition) is 5. The molecule has 0 spiro atoms. The van der Waals surface area contributed by atoms with E-state index in [0.717, 1.165) is 12.5 Å². The second-order valence-corrected chi connectivity index (χ2v) is 8.99. The minimum atomic E-state index is -4.61. The molecule has 0 unspecified atom stereocenters. The summed E-state index contributed by atoms with van der Waals surface area (Å²) in [4.78, 5) is 16.9. The molecule has 2 fully saturated rings. The zero-order valence-corrected chi connectivity index (χ0v) is 19.3. The quantitative estimate of drug-likeness (QED) is 0.636. The van der Waals surface area contributed by atoms with E-state index < -0.39 is 17.2 Å². The van der Waals surface area contributed by atoms with Crippen LogP contribution in [0.1, 0.15) is 41.9 Å². The van der Waals surface area contributed by atoms with Gasteiger partial charge in [0, 0.05) is 56.6 Å². The molecule has 2 saturated heterocycles. The fourth-order valence-corrected chi connectivity index (χ4v) is 5.14. The lowest BCUT2D eigenvalue weighted by Gasteiger charge is -2.43. The number of fused-ring (bicyclic) bond motifs is 1. The normalized spacial score (nSPS) is 22.5. The van der Waals surface area contributed by atoms with Crippen LogP contribution in [-0.4, -0.2) is 60.0 Å². The van der Waals surface area contributed by atoms with E-state index in [1.807, 2.05) is 18.7 Å². The standard InChI is InChI=1S/C24H28F3N5O2/c1-3-32-10-8-21(29-32)22(33)30-9-7-18-13-31(15-23(18,14-30)16-34-4-2)19-6-5-17(12-28)20(11-19)24(25,26)27/h5-6,8,10-11,18H,3-4,7,9,13-16H2,1-2H3/t18-,23+/m0/s1. The van der Waals surface area contributed by atoms with Gasteiger partial charge in [0.2, 0.25) is 0 Å². The van der Waals surface area contributed by atoms with Gasteiger partial charge in [-0.15, -0.1) is 0 Å². The van der Waals surface area contributed by atoms with Crippen LogP contribution in [0.2, 0.25) is 0 Å². The molecule has 0 radical (unpaired) electrons. The van der Waals surface area contributed by atoms with E-state index in [9.17, 15) is 18.0 Å². The Balaban J connectivity index is 1.60. The van der Waals surface area contributed by atoms with Gasteiger partial charge in [-0.05, 0) is 50.5 Å². The lowest BCUT2D eigenvalue weighted by Crippen LogP contribution is -2.53. The first-order valence-corrected chi connectivity index (χ1v) is 11.5. The zero-order valence-electron chi connectivity index (χ0n) is 19.3. The Hall–Kier alpha value is -3.06. The molecule has 0 saturated carbocycles. The van der Waals surface area contributed by atoms with Crippen molar-refractivity contribution in [3.8, 4) is 6.07 Å². The van der Waals surface area contributed by atoms with Crippen molar-refractivity contribution in [3.05, 3.63) is 47.3 Å². The SMILES string of the molecule is CCOC[C@]12CN(C(=O)c3ccn(CC)n3)CC[C@H]1CN(c1ccc(C#N)c(C(F)(F)F)c1)C2. The van der Waals surface area contributed by atoms with Crippen LogP contribution >= 0.6 is 0 Å². The number of halogens is 3. The van der Waals surface area contributed by atoms with Crippen LogP contribution in [0.4, 0.5) is 18.9 Å². The fourth-order valence-electron chi connectivity index (χ4n) is 5.14. The van der Waals surface area contributed by atoms with E-state index in [4.69, 9.17) is 10.00 Å². The smallest absolute Gasteiger partial charge is 0.381 e. The average Bonchev–Trinajstić information content (AvgIpc) is 3.46. The van der Waals surface area contributed by atoms with E-state index >= 15 is 0 Å². The van der Waals surface area contributed by atoms with Crippen LogP contribution in [-0.2, 0) is 17.5 Å². The summed E-state index contributed by atoms with van der Waals surface area (Å²) in [5.41, 5.74) is -0.895. The summed E-state index contributed by atoms with van der Waals surface area (Å²) in [6, 6.07) is 7.21. The number of nitrogens with zero attached hydrogens (tertiary/aromatic N) is 5. The van der Waals surface area contributed by atoms with Crippen LogP contribution in [0.3, 0.4) is 0 Å². The molecular formula is C24H28F3N5O2. The molecule has 7 nitrogen and oxygen atoms in total. The molecule has 4 rings (SSSR count). The number of anilines is 1. The zero-order chi connectivity index (χ0) is 24.5. The Morgan fingerprint density at radius 2 is 2.09 bits per heavy atom. The first-order chi connectivity index (χ1) is 16.2. The van der Waals surface area contributed by atoms with Gasteiger partial charge in [0.15, 0.2) is 0 Å². The Morgan fingerprint density at radius 3 is 2.74 bits per heavy atom. The number of piperidine rings is 1. The molecule has 1 amide bonds. The number of carbonyl (C=O) groups is 1. The minimum Gasteiger partial charge on any atom is -0.381 e. The second-order valence-electron chi connectivity index (χ2n) is 8.99. The lowest BCUT2D eigenvalue weighted by molar-refractivity contribution is -0.137. The van der Waals surface area contributed by atoms with Crippen molar-refractivity contribution in [1.29, 1.82) is 5.26 Å². The van der Waals surface area contributed by atoms with Gasteiger partial charge in [-0.3, -0.25) is 9.48 Å². The molecule has 1 aromatic heterocycles. The van der Waals surface area contributed by atoms with Gasteiger partial charge in [0.05, 0.1) is 23.8 Å². The van der Waals surface area contributed by atoms with Crippen LogP contribution < -0.4 is 4.90 Å². The van der Waals surface area contributed by atoms with Crippen molar-refractivity contribution in [3.63, 3.8) is 0 Å². The highest BCUT2D eigenvalue weighted by Gasteiger charge is 2.51. The van der Waals surface area contributed by atoms with Crippen LogP contribution in [0.5, 0.6) is 0 Å². The van der Waals surface area contributed by atoms with Gasteiger partial charge in [0.25, 0.3) is 5.91 Å². The summed E-state index contributed by atoms with van der Waals surface area (Å²) >= 11 is 0. The molecule has 10 heteroatoms. The molecule has 2 aliphatic heterocycles. The average molecular weight is 476 g/mol. The van der Waals surface area contributed by atoms with E-state index in [2.05, 4.69) is 5.10 Å². The number of carbonyl (C=O) groups excluding carboxylic acids is 1. The predicted molar refractivity (Wildman–Crippen MR) is 119 cm³/mol. The van der Waals surface area contributed by atoms with E-state index in [1.165, 1.54) is 6.07 Å². The number of ether oxygens (including phenoxy) is 1. The number of hydrogen-bond donors (Lipinski definition) is 0. The van der Waals surface area contributed by atoms with Crippen LogP contribution in [0, 0.1) is 22.7 Å². The summed E-state index contributed by atoms with van der Waals surface area (Å²) in [6.45, 7) is 7.50. The molecule has 3 heterocycles. The van der Waals surface area contributed by atoms with Crippen molar-refractivity contribution in [1.82, 2.24) is 14.7 Å².